The van der Waals surface area contributed by atoms with Crippen LogP contribution < -0.4 is 9.47 Å². The maximum atomic E-state index is 9.99. The van der Waals surface area contributed by atoms with Crippen LogP contribution in [0.15, 0.2) is 6.07 Å². The van der Waals surface area contributed by atoms with Crippen LogP contribution in [0.4, 0.5) is 0 Å². The van der Waals surface area contributed by atoms with Crippen molar-refractivity contribution in [2.24, 2.45) is 0 Å². The van der Waals surface area contributed by atoms with Crippen LogP contribution in [-0.2, 0) is 6.42 Å². The number of benzene rings is 1. The molecule has 0 saturated heterocycles. The summed E-state index contributed by atoms with van der Waals surface area (Å²) in [5, 5.41) is 10.6. The van der Waals surface area contributed by atoms with Gasteiger partial charge < -0.3 is 14.6 Å². The van der Waals surface area contributed by atoms with Crippen LogP contribution >= 0.6 is 11.6 Å². The van der Waals surface area contributed by atoms with Gasteiger partial charge in [0, 0.05) is 6.42 Å². The highest BCUT2D eigenvalue weighted by Crippen LogP contribution is 2.45. The molecule has 1 saturated carbocycles. The van der Waals surface area contributed by atoms with Gasteiger partial charge in [-0.1, -0.05) is 11.6 Å². The zero-order chi connectivity index (χ0) is 12.0. The minimum atomic E-state index is -0.516. The Morgan fingerprint density at radius 3 is 2.76 bits per heavy atom. The molecular formula is C13H15ClO3. The van der Waals surface area contributed by atoms with E-state index in [1.54, 1.807) is 0 Å². The molecule has 0 spiro atoms. The zero-order valence-corrected chi connectivity index (χ0v) is 10.5. The van der Waals surface area contributed by atoms with Crippen LogP contribution in [0.3, 0.4) is 0 Å². The van der Waals surface area contributed by atoms with Crippen LogP contribution in [0.5, 0.6) is 11.5 Å². The molecule has 1 aliphatic carbocycles. The monoisotopic (exact) mass is 254 g/mol. The van der Waals surface area contributed by atoms with E-state index in [1.165, 1.54) is 0 Å². The van der Waals surface area contributed by atoms with Gasteiger partial charge in [0.15, 0.2) is 11.5 Å². The van der Waals surface area contributed by atoms with Crippen molar-refractivity contribution in [3.8, 4) is 11.5 Å². The summed E-state index contributed by atoms with van der Waals surface area (Å²) in [7, 11) is 0. The third-order valence-electron chi connectivity index (χ3n) is 3.47. The maximum absolute atomic E-state index is 9.99. The number of hydrogen-bond acceptors (Lipinski definition) is 3. The molecule has 2 aliphatic rings. The van der Waals surface area contributed by atoms with Crippen molar-refractivity contribution in [2.75, 3.05) is 13.2 Å². The fourth-order valence-corrected chi connectivity index (χ4v) is 2.42. The van der Waals surface area contributed by atoms with Crippen molar-refractivity contribution >= 4 is 11.6 Å². The van der Waals surface area contributed by atoms with Crippen LogP contribution in [0.1, 0.15) is 24.0 Å². The van der Waals surface area contributed by atoms with Crippen LogP contribution in [0, 0.1) is 6.92 Å². The first-order valence-corrected chi connectivity index (χ1v) is 6.27. The highest BCUT2D eigenvalue weighted by molar-refractivity contribution is 6.33. The first-order valence-electron chi connectivity index (χ1n) is 5.89. The van der Waals surface area contributed by atoms with Crippen molar-refractivity contribution in [3.63, 3.8) is 0 Å². The van der Waals surface area contributed by atoms with Gasteiger partial charge in [-0.15, -0.1) is 0 Å². The molecule has 0 radical (unpaired) electrons. The average Bonchev–Trinajstić information content (AvgIpc) is 3.04. The molecule has 1 aliphatic heterocycles. The molecule has 0 unspecified atom stereocenters. The standard InChI is InChI=1S/C13H15ClO3/c1-8-9(7-13(15)2-3-13)6-10-12(11(8)14)17-5-4-16-10/h6,15H,2-5,7H2,1H3. The number of aliphatic hydroxyl groups is 1. The fraction of sp³-hybridized carbons (Fsp3) is 0.538. The van der Waals surface area contributed by atoms with Gasteiger partial charge in [-0.2, -0.15) is 0 Å². The number of hydrogen-bond donors (Lipinski definition) is 1. The number of halogens is 1. The first kappa shape index (κ1) is 11.2. The molecule has 0 amide bonds. The summed E-state index contributed by atoms with van der Waals surface area (Å²) in [6.07, 6.45) is 2.40. The smallest absolute Gasteiger partial charge is 0.180 e. The lowest BCUT2D eigenvalue weighted by molar-refractivity contribution is 0.149. The first-order chi connectivity index (χ1) is 8.09. The van der Waals surface area contributed by atoms with Gasteiger partial charge in [-0.25, -0.2) is 0 Å². The maximum Gasteiger partial charge on any atom is 0.180 e. The van der Waals surface area contributed by atoms with Crippen molar-refractivity contribution < 1.29 is 14.6 Å². The number of rotatable bonds is 2. The molecule has 1 aromatic rings. The van der Waals surface area contributed by atoms with Crippen molar-refractivity contribution in [1.29, 1.82) is 0 Å². The lowest BCUT2D eigenvalue weighted by Crippen LogP contribution is -2.18. The van der Waals surface area contributed by atoms with Crippen LogP contribution in [-0.4, -0.2) is 23.9 Å². The SMILES string of the molecule is Cc1c(CC2(O)CC2)cc2c(c1Cl)OCCO2. The van der Waals surface area contributed by atoms with Crippen LogP contribution in [0.25, 0.3) is 0 Å². The van der Waals surface area contributed by atoms with E-state index in [0.29, 0.717) is 36.2 Å². The van der Waals surface area contributed by atoms with Gasteiger partial charge in [-0.05, 0) is 37.0 Å². The van der Waals surface area contributed by atoms with E-state index in [9.17, 15) is 5.11 Å². The highest BCUT2D eigenvalue weighted by Gasteiger charge is 2.41. The molecule has 0 atom stereocenters. The summed E-state index contributed by atoms with van der Waals surface area (Å²) in [5.74, 6) is 1.34. The Kier molecular flexibility index (Phi) is 2.49. The molecule has 1 heterocycles. The summed E-state index contributed by atoms with van der Waals surface area (Å²) in [4.78, 5) is 0. The van der Waals surface area contributed by atoms with Gasteiger partial charge >= 0.3 is 0 Å². The Labute approximate surface area is 105 Å². The predicted octanol–water partition coefficient (Wildman–Crippen LogP) is 2.49. The van der Waals surface area contributed by atoms with Gasteiger partial charge in [0.2, 0.25) is 0 Å². The molecule has 1 N–H and O–H groups in total. The Bertz CT molecular complexity index is 466. The highest BCUT2D eigenvalue weighted by atomic mass is 35.5. The molecule has 92 valence electrons. The van der Waals surface area contributed by atoms with E-state index in [-0.39, 0.29) is 0 Å². The third kappa shape index (κ3) is 1.98. The van der Waals surface area contributed by atoms with E-state index >= 15 is 0 Å². The van der Waals surface area contributed by atoms with Gasteiger partial charge in [0.1, 0.15) is 13.2 Å². The summed E-state index contributed by atoms with van der Waals surface area (Å²) >= 11 is 6.28. The minimum Gasteiger partial charge on any atom is -0.486 e. The normalized spacial score (nSPS) is 20.2. The van der Waals surface area contributed by atoms with Crippen molar-refractivity contribution in [1.82, 2.24) is 0 Å². The number of ether oxygens (including phenoxy) is 2. The topological polar surface area (TPSA) is 38.7 Å². The average molecular weight is 255 g/mol. The second-order valence-electron chi connectivity index (χ2n) is 4.90. The third-order valence-corrected chi connectivity index (χ3v) is 3.93. The zero-order valence-electron chi connectivity index (χ0n) is 9.75. The summed E-state index contributed by atoms with van der Waals surface area (Å²) in [6.45, 7) is 3.05. The minimum absolute atomic E-state index is 0.516. The summed E-state index contributed by atoms with van der Waals surface area (Å²) in [5.41, 5.74) is 1.52. The second kappa shape index (κ2) is 3.79. The largest absolute Gasteiger partial charge is 0.486 e. The molecule has 0 bridgehead atoms. The van der Waals surface area contributed by atoms with Crippen molar-refractivity contribution in [2.45, 2.75) is 31.8 Å². The van der Waals surface area contributed by atoms with E-state index in [2.05, 4.69) is 0 Å². The summed E-state index contributed by atoms with van der Waals surface area (Å²) < 4.78 is 11.1. The fourth-order valence-electron chi connectivity index (χ4n) is 2.15. The Balaban J connectivity index is 2.01. The molecule has 1 aromatic carbocycles. The molecular weight excluding hydrogens is 240 g/mol. The van der Waals surface area contributed by atoms with Crippen LogP contribution in [0.2, 0.25) is 5.02 Å². The second-order valence-corrected chi connectivity index (χ2v) is 5.28. The van der Waals surface area contributed by atoms with E-state index < -0.39 is 5.60 Å². The Hall–Kier alpha value is -0.930. The lowest BCUT2D eigenvalue weighted by atomic mass is 10.00. The van der Waals surface area contributed by atoms with Gasteiger partial charge in [0.25, 0.3) is 0 Å². The molecule has 4 heteroatoms. The van der Waals surface area contributed by atoms with E-state index in [0.717, 1.165) is 24.0 Å². The van der Waals surface area contributed by atoms with E-state index in [4.69, 9.17) is 21.1 Å². The number of fused-ring (bicyclic) bond motifs is 1. The lowest BCUT2D eigenvalue weighted by Gasteiger charge is -2.22. The van der Waals surface area contributed by atoms with Gasteiger partial charge in [0.05, 0.1) is 10.6 Å². The molecule has 1 fully saturated rings. The molecule has 3 rings (SSSR count). The molecule has 17 heavy (non-hydrogen) atoms. The Morgan fingerprint density at radius 1 is 1.35 bits per heavy atom. The Morgan fingerprint density at radius 2 is 2.06 bits per heavy atom. The molecule has 3 nitrogen and oxygen atoms in total. The van der Waals surface area contributed by atoms with E-state index in [1.807, 2.05) is 13.0 Å². The molecule has 0 aromatic heterocycles. The quantitative estimate of drug-likeness (QED) is 0.881. The predicted molar refractivity (Wildman–Crippen MR) is 65.1 cm³/mol. The van der Waals surface area contributed by atoms with Gasteiger partial charge in [-0.3, -0.25) is 0 Å². The van der Waals surface area contributed by atoms with Crippen molar-refractivity contribution in [3.05, 3.63) is 22.2 Å². The summed E-state index contributed by atoms with van der Waals surface area (Å²) in [6, 6.07) is 1.95.